The Morgan fingerprint density at radius 1 is 1.24 bits per heavy atom. The van der Waals surface area contributed by atoms with E-state index in [1.54, 1.807) is 20.2 Å². The molecule has 0 radical (unpaired) electrons. The first-order valence-corrected chi connectivity index (χ1v) is 9.59. The third kappa shape index (κ3) is 4.21. The zero-order valence-electron chi connectivity index (χ0n) is 16.8. The molecule has 2 N–H and O–H groups in total. The summed E-state index contributed by atoms with van der Waals surface area (Å²) in [6, 6.07) is 9.78. The van der Waals surface area contributed by atoms with Crippen LogP contribution in [0.1, 0.15) is 18.9 Å². The average molecular weight is 392 g/mol. The molecule has 2 aromatic heterocycles. The van der Waals surface area contributed by atoms with Gasteiger partial charge in [0.15, 0.2) is 0 Å². The molecular weight excluding hydrogens is 368 g/mol. The molecule has 4 rings (SSSR count). The van der Waals surface area contributed by atoms with Crippen LogP contribution in [0.15, 0.2) is 36.5 Å². The number of aryl methyl sites for hydroxylation is 1. The number of aromatic nitrogens is 3. The maximum atomic E-state index is 11.4. The molecule has 29 heavy (non-hydrogen) atoms. The van der Waals surface area contributed by atoms with E-state index >= 15 is 0 Å². The summed E-state index contributed by atoms with van der Waals surface area (Å²) >= 11 is 0. The van der Waals surface area contributed by atoms with Gasteiger partial charge in [-0.3, -0.25) is 4.79 Å². The van der Waals surface area contributed by atoms with Crippen molar-refractivity contribution in [3.63, 3.8) is 0 Å². The average Bonchev–Trinajstić information content (AvgIpc) is 3.16. The van der Waals surface area contributed by atoms with E-state index in [0.29, 0.717) is 18.3 Å². The van der Waals surface area contributed by atoms with Gasteiger partial charge in [-0.1, -0.05) is 6.07 Å². The lowest BCUT2D eigenvalue weighted by molar-refractivity contribution is -0.119. The quantitative estimate of drug-likeness (QED) is 0.690. The molecule has 1 aliphatic heterocycles. The minimum Gasteiger partial charge on any atom is -0.497 e. The topological polar surface area (TPSA) is 92.3 Å². The standard InChI is InChI=1S/C21H24N6O2/c1-13-4-7-19(22-11-13)25-21-24-18-10-16(29-3)5-6-17(18)20(26-21)27-9-8-15(12-27)23-14(2)28/h4-7,10-11,15H,8-9,12H2,1-3H3,(H,23,28)(H,22,24,25,26). The van der Waals surface area contributed by atoms with Gasteiger partial charge < -0.3 is 20.3 Å². The van der Waals surface area contributed by atoms with E-state index in [0.717, 1.165) is 41.0 Å². The molecule has 1 fully saturated rings. The fourth-order valence-electron chi connectivity index (χ4n) is 3.53. The predicted octanol–water partition coefficient (Wildman–Crippen LogP) is 2.80. The molecule has 150 valence electrons. The minimum absolute atomic E-state index is 0.0121. The second kappa shape index (κ2) is 7.90. The molecule has 0 bridgehead atoms. The number of hydrogen-bond donors (Lipinski definition) is 2. The predicted molar refractivity (Wildman–Crippen MR) is 113 cm³/mol. The van der Waals surface area contributed by atoms with Gasteiger partial charge in [0, 0.05) is 43.7 Å². The summed E-state index contributed by atoms with van der Waals surface area (Å²) in [6.07, 6.45) is 2.68. The molecule has 1 unspecified atom stereocenters. The van der Waals surface area contributed by atoms with Crippen LogP contribution in [-0.2, 0) is 4.79 Å². The van der Waals surface area contributed by atoms with Gasteiger partial charge in [0.2, 0.25) is 11.9 Å². The Balaban J connectivity index is 1.71. The number of carbonyl (C=O) groups is 1. The van der Waals surface area contributed by atoms with E-state index in [1.165, 1.54) is 0 Å². The number of nitrogens with zero attached hydrogens (tertiary/aromatic N) is 4. The Hall–Kier alpha value is -3.42. The highest BCUT2D eigenvalue weighted by molar-refractivity contribution is 5.92. The monoisotopic (exact) mass is 392 g/mol. The molecule has 1 saturated heterocycles. The third-order valence-corrected chi connectivity index (χ3v) is 4.93. The fourth-order valence-corrected chi connectivity index (χ4v) is 3.53. The largest absolute Gasteiger partial charge is 0.497 e. The normalized spacial score (nSPS) is 16.1. The number of benzene rings is 1. The summed E-state index contributed by atoms with van der Waals surface area (Å²) in [6.45, 7) is 5.06. The number of nitrogens with one attached hydrogen (secondary N) is 2. The molecular formula is C21H24N6O2. The van der Waals surface area contributed by atoms with Crippen molar-refractivity contribution in [3.05, 3.63) is 42.1 Å². The van der Waals surface area contributed by atoms with Crippen molar-refractivity contribution >= 4 is 34.4 Å². The van der Waals surface area contributed by atoms with Crippen LogP contribution in [0.5, 0.6) is 5.75 Å². The number of fused-ring (bicyclic) bond motifs is 1. The van der Waals surface area contributed by atoms with Gasteiger partial charge >= 0.3 is 0 Å². The molecule has 3 aromatic rings. The van der Waals surface area contributed by atoms with E-state index in [2.05, 4.69) is 25.5 Å². The zero-order valence-corrected chi connectivity index (χ0v) is 16.8. The number of rotatable bonds is 5. The second-order valence-corrected chi connectivity index (χ2v) is 7.23. The van der Waals surface area contributed by atoms with E-state index in [-0.39, 0.29) is 11.9 Å². The molecule has 0 spiro atoms. The molecule has 1 aliphatic rings. The Kier molecular flexibility index (Phi) is 5.16. The van der Waals surface area contributed by atoms with Crippen molar-refractivity contribution in [2.24, 2.45) is 0 Å². The first-order valence-electron chi connectivity index (χ1n) is 9.59. The molecule has 8 heteroatoms. The van der Waals surface area contributed by atoms with Gasteiger partial charge in [-0.15, -0.1) is 0 Å². The summed E-state index contributed by atoms with van der Waals surface area (Å²) < 4.78 is 5.37. The minimum atomic E-state index is -0.0121. The summed E-state index contributed by atoms with van der Waals surface area (Å²) in [7, 11) is 1.64. The van der Waals surface area contributed by atoms with Crippen LogP contribution >= 0.6 is 0 Å². The van der Waals surface area contributed by atoms with Gasteiger partial charge in [0.25, 0.3) is 0 Å². The van der Waals surface area contributed by atoms with Crippen LogP contribution < -0.4 is 20.3 Å². The number of methoxy groups -OCH3 is 1. The van der Waals surface area contributed by atoms with Crippen LogP contribution in [0, 0.1) is 6.92 Å². The SMILES string of the molecule is COc1ccc2c(N3CCC(NC(C)=O)C3)nc(Nc3ccc(C)cn3)nc2c1. The van der Waals surface area contributed by atoms with Crippen LogP contribution in [0.25, 0.3) is 10.9 Å². The number of ether oxygens (including phenoxy) is 1. The van der Waals surface area contributed by atoms with Crippen molar-refractivity contribution in [2.75, 3.05) is 30.4 Å². The molecule has 8 nitrogen and oxygen atoms in total. The highest BCUT2D eigenvalue weighted by atomic mass is 16.5. The summed E-state index contributed by atoms with van der Waals surface area (Å²) in [4.78, 5) is 27.4. The van der Waals surface area contributed by atoms with Crippen LogP contribution in [-0.4, -0.2) is 47.1 Å². The van der Waals surface area contributed by atoms with Crippen LogP contribution in [0.2, 0.25) is 0 Å². The van der Waals surface area contributed by atoms with E-state index in [4.69, 9.17) is 9.72 Å². The van der Waals surface area contributed by atoms with E-state index in [9.17, 15) is 4.79 Å². The van der Waals surface area contributed by atoms with Crippen molar-refractivity contribution in [2.45, 2.75) is 26.3 Å². The van der Waals surface area contributed by atoms with E-state index < -0.39 is 0 Å². The first-order chi connectivity index (χ1) is 14.0. The highest BCUT2D eigenvalue weighted by Crippen LogP contribution is 2.31. The van der Waals surface area contributed by atoms with Crippen molar-refractivity contribution in [1.82, 2.24) is 20.3 Å². The molecule has 0 aliphatic carbocycles. The van der Waals surface area contributed by atoms with Gasteiger partial charge in [-0.2, -0.15) is 4.98 Å². The number of carbonyl (C=O) groups excluding carboxylic acids is 1. The number of anilines is 3. The van der Waals surface area contributed by atoms with Crippen molar-refractivity contribution < 1.29 is 9.53 Å². The third-order valence-electron chi connectivity index (χ3n) is 4.93. The lowest BCUT2D eigenvalue weighted by atomic mass is 10.2. The van der Waals surface area contributed by atoms with Gasteiger partial charge in [-0.05, 0) is 37.1 Å². The molecule has 1 atom stereocenters. The number of hydrogen-bond acceptors (Lipinski definition) is 7. The summed E-state index contributed by atoms with van der Waals surface area (Å²) in [5, 5.41) is 7.14. The first kappa shape index (κ1) is 18.9. The fraction of sp³-hybridized carbons (Fsp3) is 0.333. The highest BCUT2D eigenvalue weighted by Gasteiger charge is 2.26. The van der Waals surface area contributed by atoms with Gasteiger partial charge in [0.05, 0.1) is 12.6 Å². The van der Waals surface area contributed by atoms with Crippen LogP contribution in [0.3, 0.4) is 0 Å². The number of amides is 1. The molecule has 3 heterocycles. The number of pyridine rings is 1. The Morgan fingerprint density at radius 2 is 2.10 bits per heavy atom. The smallest absolute Gasteiger partial charge is 0.230 e. The maximum Gasteiger partial charge on any atom is 0.230 e. The Morgan fingerprint density at radius 3 is 2.83 bits per heavy atom. The van der Waals surface area contributed by atoms with E-state index in [1.807, 2.05) is 37.3 Å². The lowest BCUT2D eigenvalue weighted by Gasteiger charge is -2.20. The summed E-state index contributed by atoms with van der Waals surface area (Å²) in [5.74, 6) is 2.71. The maximum absolute atomic E-state index is 11.4. The second-order valence-electron chi connectivity index (χ2n) is 7.23. The van der Waals surface area contributed by atoms with Crippen molar-refractivity contribution in [1.29, 1.82) is 0 Å². The Labute approximate surface area is 169 Å². The van der Waals surface area contributed by atoms with Crippen LogP contribution in [0.4, 0.5) is 17.6 Å². The molecule has 1 aromatic carbocycles. The summed E-state index contributed by atoms with van der Waals surface area (Å²) in [5.41, 5.74) is 1.87. The Bertz CT molecular complexity index is 1040. The molecule has 0 saturated carbocycles. The van der Waals surface area contributed by atoms with Gasteiger partial charge in [0.1, 0.15) is 17.4 Å². The molecule has 1 amide bonds. The zero-order chi connectivity index (χ0) is 20.4. The lowest BCUT2D eigenvalue weighted by Crippen LogP contribution is -2.35. The van der Waals surface area contributed by atoms with Gasteiger partial charge in [-0.25, -0.2) is 9.97 Å². The van der Waals surface area contributed by atoms with Crippen molar-refractivity contribution in [3.8, 4) is 5.75 Å².